The molecular formula is C80H94N2O8. The molecule has 0 fully saturated rings. The van der Waals surface area contributed by atoms with Crippen LogP contribution in [0.3, 0.4) is 0 Å². The number of ether oxygens (including phenoxy) is 4. The summed E-state index contributed by atoms with van der Waals surface area (Å²) in [7, 11) is 0. The molecule has 10 heteroatoms. The first kappa shape index (κ1) is 65.0. The van der Waals surface area contributed by atoms with Crippen molar-refractivity contribution in [2.24, 2.45) is 0 Å². The number of amides is 4. The molecule has 0 aliphatic carbocycles. The van der Waals surface area contributed by atoms with E-state index in [2.05, 4.69) is 58.1 Å². The van der Waals surface area contributed by atoms with E-state index in [9.17, 15) is 9.59 Å². The van der Waals surface area contributed by atoms with E-state index in [1.54, 1.807) is 12.1 Å². The normalized spacial score (nSPS) is 13.3. The fourth-order valence-electron chi connectivity index (χ4n) is 13.3. The van der Waals surface area contributed by atoms with Crippen LogP contribution < -0.4 is 18.9 Å². The number of carbonyl (C=O) groups is 4. The summed E-state index contributed by atoms with van der Waals surface area (Å²) in [6, 6.07) is 31.1. The highest BCUT2D eigenvalue weighted by Crippen LogP contribution is 2.53. The van der Waals surface area contributed by atoms with E-state index in [4.69, 9.17) is 18.9 Å². The molecule has 472 valence electrons. The van der Waals surface area contributed by atoms with Gasteiger partial charge in [-0.05, 0) is 117 Å². The maximum atomic E-state index is 15.1. The molecule has 10 rings (SSSR count). The van der Waals surface area contributed by atoms with Gasteiger partial charge in [0.25, 0.3) is 23.6 Å². The topological polar surface area (TPSA) is 112 Å². The number of imide groups is 2. The summed E-state index contributed by atoms with van der Waals surface area (Å²) in [5.41, 5.74) is 5.57. The molecule has 2 aliphatic heterocycles. The first-order valence-corrected chi connectivity index (χ1v) is 34.4. The highest BCUT2D eigenvalue weighted by atomic mass is 16.5. The first-order valence-electron chi connectivity index (χ1n) is 34.4. The molecule has 0 saturated carbocycles. The van der Waals surface area contributed by atoms with Crippen LogP contribution in [0.4, 0.5) is 0 Å². The van der Waals surface area contributed by atoms with Crippen LogP contribution in [0.2, 0.25) is 0 Å². The van der Waals surface area contributed by atoms with Gasteiger partial charge in [0, 0.05) is 67.7 Å². The number of allylic oxidation sites excluding steroid dienone is 1. The molecule has 2 aliphatic rings. The number of hydrogen-bond donors (Lipinski definition) is 0. The van der Waals surface area contributed by atoms with E-state index in [1.807, 2.05) is 92.7 Å². The zero-order valence-electron chi connectivity index (χ0n) is 54.5. The Morgan fingerprint density at radius 1 is 0.356 bits per heavy atom. The average Bonchev–Trinajstić information content (AvgIpc) is 0.708. The third-order valence-electron chi connectivity index (χ3n) is 18.2. The molecule has 0 bridgehead atoms. The standard InChI is InChI=1S/C80H94N2O8/c1-7-12-16-20-24-28-47-81-77(83)63-46-44-62-74-70(90-60-41-36-56(37-42-60)35-38-58-52-67(87-49-30-26-22-18-14-9-3)57(32-11-5)51-68(58)88-50-31-27-23-19-15-10-4)54-66-72-64(78(84)82(80(66)86)48-29-25-21-17-13-8-2)45-43-61(76(72)74)73-69(89-59-39-33-55(6)34-40-59)53-65(79(81)85)71(63)75(62)73/h11,32-46,51-54H,7-10,12-31,47-50H2,1-6H3/b32-11+,38-35+. The van der Waals surface area contributed by atoms with Gasteiger partial charge in [-0.1, -0.05) is 222 Å². The largest absolute Gasteiger partial charge is 0.493 e. The maximum Gasteiger partial charge on any atom is 0.261 e. The third-order valence-corrected chi connectivity index (χ3v) is 18.2. The van der Waals surface area contributed by atoms with E-state index in [1.165, 1.54) is 61.2 Å². The van der Waals surface area contributed by atoms with E-state index >= 15 is 9.59 Å². The number of fused-ring (bicyclic) bond motifs is 2. The van der Waals surface area contributed by atoms with Crippen molar-refractivity contribution in [1.29, 1.82) is 0 Å². The summed E-state index contributed by atoms with van der Waals surface area (Å²) >= 11 is 0. The Labute approximate surface area is 534 Å². The lowest BCUT2D eigenvalue weighted by Crippen LogP contribution is -2.41. The average molecular weight is 1210 g/mol. The molecule has 0 N–H and O–H groups in total. The zero-order valence-corrected chi connectivity index (χ0v) is 54.5. The summed E-state index contributed by atoms with van der Waals surface area (Å²) in [6.45, 7) is 14.8. The third kappa shape index (κ3) is 14.8. The van der Waals surface area contributed by atoms with Crippen molar-refractivity contribution in [2.75, 3.05) is 26.3 Å². The van der Waals surface area contributed by atoms with E-state index < -0.39 is 0 Å². The van der Waals surface area contributed by atoms with Crippen molar-refractivity contribution in [3.05, 3.63) is 148 Å². The van der Waals surface area contributed by atoms with Gasteiger partial charge in [-0.3, -0.25) is 29.0 Å². The van der Waals surface area contributed by atoms with Gasteiger partial charge in [0.05, 0.1) is 24.3 Å². The molecule has 10 nitrogen and oxygen atoms in total. The Hall–Kier alpha value is -7.98. The molecular weight excluding hydrogens is 1120 g/mol. The van der Waals surface area contributed by atoms with Crippen molar-refractivity contribution in [1.82, 2.24) is 9.80 Å². The van der Waals surface area contributed by atoms with Crippen LogP contribution in [0.15, 0.2) is 103 Å². The molecule has 8 aromatic rings. The Kier molecular flexibility index (Phi) is 22.9. The van der Waals surface area contributed by atoms with Gasteiger partial charge < -0.3 is 18.9 Å². The monoisotopic (exact) mass is 1210 g/mol. The van der Waals surface area contributed by atoms with Crippen LogP contribution in [0, 0.1) is 6.92 Å². The number of rotatable bonds is 37. The second-order valence-corrected chi connectivity index (χ2v) is 25.1. The number of aryl methyl sites for hydroxylation is 1. The van der Waals surface area contributed by atoms with E-state index in [0.717, 1.165) is 124 Å². The minimum Gasteiger partial charge on any atom is -0.493 e. The van der Waals surface area contributed by atoms with Gasteiger partial charge in [0.15, 0.2) is 0 Å². The predicted octanol–water partition coefficient (Wildman–Crippen LogP) is 22.2. The highest BCUT2D eigenvalue weighted by molar-refractivity contribution is 6.43. The lowest BCUT2D eigenvalue weighted by molar-refractivity contribution is 0.0592. The molecule has 90 heavy (non-hydrogen) atoms. The maximum absolute atomic E-state index is 15.1. The van der Waals surface area contributed by atoms with Crippen molar-refractivity contribution < 1.29 is 38.1 Å². The fourth-order valence-corrected chi connectivity index (χ4v) is 13.3. The highest BCUT2D eigenvalue weighted by Gasteiger charge is 2.39. The molecule has 0 atom stereocenters. The Morgan fingerprint density at radius 2 is 0.733 bits per heavy atom. The first-order chi connectivity index (χ1) is 44.1. The number of benzene rings is 8. The van der Waals surface area contributed by atoms with Gasteiger partial charge in [-0.15, -0.1) is 0 Å². The van der Waals surface area contributed by atoms with Crippen LogP contribution in [0.1, 0.15) is 252 Å². The van der Waals surface area contributed by atoms with Crippen LogP contribution >= 0.6 is 0 Å². The molecule has 8 aromatic carbocycles. The SMILES string of the molecule is C/C=C/c1cc(OCCCCCCCC)c(/C=C/c2ccc(Oc3cc4c5c(ccc6c7c(Oc8ccc(C)cc8)cc8c9c(ccc(c3c56)c97)C(=O)N(CCCCCCCC)C8=O)C(=O)N(CCCCCCCC)C4=O)cc2)cc1OCCCCCCCC. The molecule has 0 aromatic heterocycles. The van der Waals surface area contributed by atoms with E-state index in [0.29, 0.717) is 127 Å². The second-order valence-electron chi connectivity index (χ2n) is 25.1. The minimum atomic E-state index is -0.367. The summed E-state index contributed by atoms with van der Waals surface area (Å²) in [6.07, 6.45) is 34.7. The number of unbranched alkanes of at least 4 members (excludes halogenated alkanes) is 20. The molecule has 0 spiro atoms. The summed E-state index contributed by atoms with van der Waals surface area (Å²) in [5, 5.41) is 5.20. The van der Waals surface area contributed by atoms with Crippen molar-refractivity contribution in [2.45, 2.75) is 196 Å². The quantitative estimate of drug-likeness (QED) is 0.0124. The second kappa shape index (κ2) is 31.7. The van der Waals surface area contributed by atoms with Gasteiger partial charge in [-0.25, -0.2) is 0 Å². The molecule has 2 heterocycles. The van der Waals surface area contributed by atoms with Gasteiger partial charge in [-0.2, -0.15) is 0 Å². The molecule has 4 amide bonds. The predicted molar refractivity (Wildman–Crippen MR) is 371 cm³/mol. The summed E-state index contributed by atoms with van der Waals surface area (Å²) < 4.78 is 27.2. The minimum absolute atomic E-state index is 0.305. The van der Waals surface area contributed by atoms with Crippen molar-refractivity contribution in [3.8, 4) is 34.5 Å². The van der Waals surface area contributed by atoms with E-state index in [-0.39, 0.29) is 23.6 Å². The Morgan fingerprint density at radius 3 is 1.16 bits per heavy atom. The molecule has 0 saturated heterocycles. The molecule has 0 unspecified atom stereocenters. The van der Waals surface area contributed by atoms with Gasteiger partial charge >= 0.3 is 0 Å². The molecule has 0 radical (unpaired) electrons. The van der Waals surface area contributed by atoms with Crippen molar-refractivity contribution >= 4 is 84.9 Å². The van der Waals surface area contributed by atoms with Crippen LogP contribution in [-0.2, 0) is 0 Å². The van der Waals surface area contributed by atoms with Crippen LogP contribution in [0.25, 0.3) is 61.3 Å². The van der Waals surface area contributed by atoms with Gasteiger partial charge in [0.1, 0.15) is 34.5 Å². The summed E-state index contributed by atoms with van der Waals surface area (Å²) in [4.78, 5) is 62.6. The number of hydrogen-bond acceptors (Lipinski definition) is 8. The zero-order chi connectivity index (χ0) is 62.9. The summed E-state index contributed by atoms with van der Waals surface area (Å²) in [5.74, 6) is 2.22. The number of carbonyl (C=O) groups excluding carboxylic acids is 4. The lowest BCUT2D eigenvalue weighted by Gasteiger charge is -2.31. The van der Waals surface area contributed by atoms with Gasteiger partial charge in [0.2, 0.25) is 0 Å². The number of nitrogens with zero attached hydrogens (tertiary/aromatic N) is 2. The Bertz CT molecular complexity index is 3860. The smallest absolute Gasteiger partial charge is 0.261 e. The Balaban J connectivity index is 1.06. The lowest BCUT2D eigenvalue weighted by atomic mass is 9.81. The van der Waals surface area contributed by atoms with Crippen LogP contribution in [0.5, 0.6) is 34.5 Å². The van der Waals surface area contributed by atoms with Crippen LogP contribution in [-0.4, -0.2) is 59.7 Å². The fraction of sp³-hybridized carbons (Fsp3) is 0.425. The van der Waals surface area contributed by atoms with Crippen molar-refractivity contribution in [3.63, 3.8) is 0 Å².